The second-order valence-corrected chi connectivity index (χ2v) is 7.49. The van der Waals surface area contributed by atoms with E-state index in [-0.39, 0.29) is 0 Å². The smallest absolute Gasteiger partial charge is 0.229 e. The van der Waals surface area contributed by atoms with Crippen LogP contribution in [0, 0.1) is 0 Å². The molecule has 1 aliphatic heterocycles. The quantitative estimate of drug-likeness (QED) is 0.793. The van der Waals surface area contributed by atoms with Gasteiger partial charge in [0.2, 0.25) is 5.95 Å². The van der Waals surface area contributed by atoms with Crippen LogP contribution in [0.4, 0.5) is 5.95 Å². The fourth-order valence-electron chi connectivity index (χ4n) is 2.95. The number of rotatable bonds is 3. The topological polar surface area (TPSA) is 53.9 Å². The number of piperazine rings is 1. The molecule has 5 nitrogen and oxygen atoms in total. The molecule has 1 N–H and O–H groups in total. The minimum atomic E-state index is 0.536. The van der Waals surface area contributed by atoms with Gasteiger partial charge in [-0.2, -0.15) is 4.98 Å². The lowest BCUT2D eigenvalue weighted by Gasteiger charge is -2.27. The Balaban J connectivity index is 1.69. The Labute approximate surface area is 145 Å². The van der Waals surface area contributed by atoms with Gasteiger partial charge in [0.25, 0.3) is 0 Å². The van der Waals surface area contributed by atoms with Crippen molar-refractivity contribution >= 4 is 27.4 Å². The van der Waals surface area contributed by atoms with Gasteiger partial charge in [-0.3, -0.25) is 0 Å². The molecule has 3 heterocycles. The zero-order chi connectivity index (χ0) is 16.5. The summed E-state index contributed by atoms with van der Waals surface area (Å²) in [6, 6.07) is 8.89. The van der Waals surface area contributed by atoms with Crippen molar-refractivity contribution < 1.29 is 0 Å². The van der Waals surface area contributed by atoms with Gasteiger partial charge in [0.05, 0.1) is 4.88 Å². The van der Waals surface area contributed by atoms with Crippen LogP contribution in [0.5, 0.6) is 0 Å². The standard InChI is InChI=1S/C18H21N5S/c1-12(2)13-3-4-15-14(9-13)10-16(24-15)17-20-11-21-18(22-17)23-7-5-19-6-8-23/h3-4,9-12,19H,5-8H2,1-2H3. The van der Waals surface area contributed by atoms with Crippen molar-refractivity contribution in [1.29, 1.82) is 0 Å². The van der Waals surface area contributed by atoms with E-state index in [0.717, 1.165) is 42.8 Å². The minimum absolute atomic E-state index is 0.536. The van der Waals surface area contributed by atoms with Crippen molar-refractivity contribution in [3.8, 4) is 10.7 Å². The normalized spacial score (nSPS) is 15.4. The summed E-state index contributed by atoms with van der Waals surface area (Å²) in [5, 5.41) is 4.62. The van der Waals surface area contributed by atoms with Crippen LogP contribution in [-0.2, 0) is 0 Å². The van der Waals surface area contributed by atoms with E-state index in [4.69, 9.17) is 4.98 Å². The van der Waals surface area contributed by atoms with Gasteiger partial charge in [-0.05, 0) is 29.0 Å². The molecule has 1 aromatic carbocycles. The third-order valence-corrected chi connectivity index (χ3v) is 5.50. The van der Waals surface area contributed by atoms with Crippen molar-refractivity contribution in [3.05, 3.63) is 36.2 Å². The monoisotopic (exact) mass is 339 g/mol. The largest absolute Gasteiger partial charge is 0.338 e. The first-order valence-electron chi connectivity index (χ1n) is 8.39. The highest BCUT2D eigenvalue weighted by molar-refractivity contribution is 7.22. The number of nitrogens with zero attached hydrogens (tertiary/aromatic N) is 4. The molecule has 0 bridgehead atoms. The van der Waals surface area contributed by atoms with Gasteiger partial charge in [0.15, 0.2) is 5.82 Å². The summed E-state index contributed by atoms with van der Waals surface area (Å²) in [5.74, 6) is 2.09. The molecule has 0 saturated carbocycles. The number of nitrogens with one attached hydrogen (secondary N) is 1. The van der Waals surface area contributed by atoms with E-state index in [1.807, 2.05) is 0 Å². The van der Waals surface area contributed by atoms with Crippen LogP contribution in [0.15, 0.2) is 30.6 Å². The lowest BCUT2D eigenvalue weighted by atomic mass is 10.0. The second-order valence-electron chi connectivity index (χ2n) is 6.41. The van der Waals surface area contributed by atoms with E-state index in [1.54, 1.807) is 17.7 Å². The highest BCUT2D eigenvalue weighted by Gasteiger charge is 2.15. The Hall–Kier alpha value is -2.05. The van der Waals surface area contributed by atoms with Crippen LogP contribution in [0.25, 0.3) is 20.8 Å². The molecule has 0 amide bonds. The van der Waals surface area contributed by atoms with Gasteiger partial charge in [-0.25, -0.2) is 9.97 Å². The Kier molecular flexibility index (Phi) is 4.16. The summed E-state index contributed by atoms with van der Waals surface area (Å²) in [5.41, 5.74) is 1.36. The summed E-state index contributed by atoms with van der Waals surface area (Å²) in [7, 11) is 0. The molecule has 24 heavy (non-hydrogen) atoms. The molecule has 1 fully saturated rings. The molecular weight excluding hydrogens is 318 g/mol. The van der Waals surface area contributed by atoms with Gasteiger partial charge < -0.3 is 10.2 Å². The lowest BCUT2D eigenvalue weighted by Crippen LogP contribution is -2.44. The van der Waals surface area contributed by atoms with Crippen LogP contribution < -0.4 is 10.2 Å². The Morgan fingerprint density at radius 2 is 1.96 bits per heavy atom. The number of thiophene rings is 1. The van der Waals surface area contributed by atoms with E-state index in [0.29, 0.717) is 5.92 Å². The predicted octanol–water partition coefficient (Wildman–Crippen LogP) is 3.29. The average molecular weight is 339 g/mol. The third-order valence-electron chi connectivity index (χ3n) is 4.39. The molecule has 0 aliphatic carbocycles. The minimum Gasteiger partial charge on any atom is -0.338 e. The first-order chi connectivity index (χ1) is 11.7. The van der Waals surface area contributed by atoms with Crippen LogP contribution in [0.3, 0.4) is 0 Å². The summed E-state index contributed by atoms with van der Waals surface area (Å²) in [6.45, 7) is 8.27. The maximum Gasteiger partial charge on any atom is 0.229 e. The number of aromatic nitrogens is 3. The van der Waals surface area contributed by atoms with Crippen molar-refractivity contribution in [2.45, 2.75) is 19.8 Å². The molecule has 4 rings (SSSR count). The maximum absolute atomic E-state index is 4.71. The molecule has 0 atom stereocenters. The zero-order valence-electron chi connectivity index (χ0n) is 14.0. The van der Waals surface area contributed by atoms with Crippen molar-refractivity contribution in [3.63, 3.8) is 0 Å². The van der Waals surface area contributed by atoms with Gasteiger partial charge in [-0.1, -0.05) is 26.0 Å². The number of hydrogen-bond donors (Lipinski definition) is 1. The fraction of sp³-hybridized carbons (Fsp3) is 0.389. The van der Waals surface area contributed by atoms with E-state index in [1.165, 1.54) is 15.6 Å². The predicted molar refractivity (Wildman–Crippen MR) is 99.8 cm³/mol. The summed E-state index contributed by atoms with van der Waals surface area (Å²) in [4.78, 5) is 16.8. The first-order valence-corrected chi connectivity index (χ1v) is 9.21. The SMILES string of the molecule is CC(C)c1ccc2sc(-c3ncnc(N4CCNCC4)n3)cc2c1. The number of hydrogen-bond acceptors (Lipinski definition) is 6. The molecule has 0 unspecified atom stereocenters. The Morgan fingerprint density at radius 1 is 1.12 bits per heavy atom. The highest BCUT2D eigenvalue weighted by Crippen LogP contribution is 2.33. The molecule has 124 valence electrons. The van der Waals surface area contributed by atoms with Crippen LogP contribution in [0.1, 0.15) is 25.3 Å². The average Bonchev–Trinajstić information content (AvgIpc) is 3.06. The van der Waals surface area contributed by atoms with E-state index >= 15 is 0 Å². The molecular formula is C18H21N5S. The molecule has 0 spiro atoms. The third kappa shape index (κ3) is 2.99. The van der Waals surface area contributed by atoms with Gasteiger partial charge in [0, 0.05) is 30.9 Å². The van der Waals surface area contributed by atoms with Gasteiger partial charge >= 0.3 is 0 Å². The van der Waals surface area contributed by atoms with Crippen LogP contribution in [0.2, 0.25) is 0 Å². The van der Waals surface area contributed by atoms with Crippen molar-refractivity contribution in [2.24, 2.45) is 0 Å². The van der Waals surface area contributed by atoms with Gasteiger partial charge in [-0.15, -0.1) is 11.3 Å². The lowest BCUT2D eigenvalue weighted by molar-refractivity contribution is 0.579. The molecule has 6 heteroatoms. The first kappa shape index (κ1) is 15.5. The maximum atomic E-state index is 4.71. The van der Waals surface area contributed by atoms with E-state index in [2.05, 4.69) is 58.3 Å². The fourth-order valence-corrected chi connectivity index (χ4v) is 3.94. The zero-order valence-corrected chi connectivity index (χ0v) is 14.8. The Bertz CT molecular complexity index is 851. The second kappa shape index (κ2) is 6.45. The summed E-state index contributed by atoms with van der Waals surface area (Å²) < 4.78 is 1.28. The molecule has 1 aliphatic rings. The van der Waals surface area contributed by atoms with Gasteiger partial charge in [0.1, 0.15) is 6.33 Å². The molecule has 1 saturated heterocycles. The van der Waals surface area contributed by atoms with Crippen molar-refractivity contribution in [2.75, 3.05) is 31.1 Å². The van der Waals surface area contributed by atoms with Crippen molar-refractivity contribution in [1.82, 2.24) is 20.3 Å². The highest BCUT2D eigenvalue weighted by atomic mass is 32.1. The Morgan fingerprint density at radius 3 is 2.75 bits per heavy atom. The summed E-state index contributed by atoms with van der Waals surface area (Å²) >= 11 is 1.74. The van der Waals surface area contributed by atoms with Crippen LogP contribution >= 0.6 is 11.3 Å². The van der Waals surface area contributed by atoms with Crippen LogP contribution in [-0.4, -0.2) is 41.1 Å². The van der Waals surface area contributed by atoms with E-state index in [9.17, 15) is 0 Å². The summed E-state index contributed by atoms with van der Waals surface area (Å²) in [6.07, 6.45) is 1.63. The number of benzene rings is 1. The van der Waals surface area contributed by atoms with E-state index < -0.39 is 0 Å². The molecule has 3 aromatic rings. The molecule has 2 aromatic heterocycles. The molecule has 0 radical (unpaired) electrons. The number of anilines is 1. The number of fused-ring (bicyclic) bond motifs is 1.